The summed E-state index contributed by atoms with van der Waals surface area (Å²) < 4.78 is 49.6. The first-order valence-electron chi connectivity index (χ1n) is 12.5. The first-order valence-corrected chi connectivity index (χ1v) is 13.7. The number of nitrogens with zero attached hydrogens (tertiary/aromatic N) is 2. The summed E-state index contributed by atoms with van der Waals surface area (Å²) in [5.74, 6) is -5.38. The van der Waals surface area contributed by atoms with Gasteiger partial charge in [0.1, 0.15) is 27.6 Å². The van der Waals surface area contributed by atoms with E-state index in [4.69, 9.17) is 16.3 Å². The van der Waals surface area contributed by atoms with Gasteiger partial charge in [-0.25, -0.2) is 9.37 Å². The third kappa shape index (κ3) is 6.14. The lowest BCUT2D eigenvalue weighted by Gasteiger charge is -2.30. The van der Waals surface area contributed by atoms with Gasteiger partial charge in [0.05, 0.1) is 17.2 Å². The van der Waals surface area contributed by atoms with Crippen LogP contribution < -0.4 is 10.1 Å². The van der Waals surface area contributed by atoms with E-state index < -0.39 is 34.7 Å². The van der Waals surface area contributed by atoms with E-state index in [9.17, 15) is 14.3 Å². The fourth-order valence-corrected chi connectivity index (χ4v) is 5.51. The molecule has 38 heavy (non-hydrogen) atoms. The van der Waals surface area contributed by atoms with Gasteiger partial charge in [0.2, 0.25) is 0 Å². The van der Waals surface area contributed by atoms with E-state index in [0.717, 1.165) is 45.0 Å². The quantitative estimate of drug-likeness (QED) is 0.337. The minimum Gasteiger partial charge on any atom is -0.489 e. The number of rotatable bonds is 10. The molecule has 1 saturated heterocycles. The minimum atomic E-state index is -3.89. The van der Waals surface area contributed by atoms with Crippen LogP contribution in [0, 0.1) is 5.82 Å². The Bertz CT molecular complexity index is 1280. The lowest BCUT2D eigenvalue weighted by molar-refractivity contribution is -0.148. The van der Waals surface area contributed by atoms with E-state index in [1.54, 1.807) is 18.2 Å². The van der Waals surface area contributed by atoms with Crippen molar-refractivity contribution in [3.63, 3.8) is 0 Å². The molecular formula is C27H27ClF3N3O3S. The van der Waals surface area contributed by atoms with Crippen molar-refractivity contribution in [2.75, 3.05) is 19.6 Å². The summed E-state index contributed by atoms with van der Waals surface area (Å²) in [6.45, 7) is 1.70. The van der Waals surface area contributed by atoms with Crippen molar-refractivity contribution in [2.24, 2.45) is 0 Å². The van der Waals surface area contributed by atoms with Crippen LogP contribution in [0.4, 0.5) is 13.2 Å². The monoisotopic (exact) mass is 565 g/mol. The zero-order valence-corrected chi connectivity index (χ0v) is 22.0. The molecule has 1 aliphatic carbocycles. The van der Waals surface area contributed by atoms with Gasteiger partial charge in [-0.3, -0.25) is 4.79 Å². The van der Waals surface area contributed by atoms with Gasteiger partial charge >= 0.3 is 5.92 Å². The summed E-state index contributed by atoms with van der Waals surface area (Å²) >= 11 is 7.02. The summed E-state index contributed by atoms with van der Waals surface area (Å²) in [6.07, 6.45) is 3.65. The molecule has 2 heterocycles. The minimum absolute atomic E-state index is 0.142. The van der Waals surface area contributed by atoms with Crippen molar-refractivity contribution in [2.45, 2.75) is 49.9 Å². The number of aliphatic hydroxyl groups is 1. The molecule has 0 bridgehead atoms. The van der Waals surface area contributed by atoms with E-state index in [2.05, 4.69) is 10.3 Å². The molecule has 2 aromatic carbocycles. The second-order valence-electron chi connectivity index (χ2n) is 9.65. The maximum Gasteiger partial charge on any atom is 0.360 e. The Labute approximate surface area is 227 Å². The highest BCUT2D eigenvalue weighted by atomic mass is 35.5. The predicted molar refractivity (Wildman–Crippen MR) is 139 cm³/mol. The molecule has 1 saturated carbocycles. The SMILES string of the molecule is O=C(N[C@H](CN1CCCC1)[C@H](O)c1ccc(OC2CC2)c(Cl)c1)C(F)(F)c1cnc(-c2ccc(F)cc2)s1. The molecule has 0 unspecified atom stereocenters. The number of hydrogen-bond acceptors (Lipinski definition) is 6. The molecule has 11 heteroatoms. The first kappa shape index (κ1) is 26.9. The highest BCUT2D eigenvalue weighted by Gasteiger charge is 2.45. The molecule has 0 radical (unpaired) electrons. The highest BCUT2D eigenvalue weighted by Crippen LogP contribution is 2.37. The van der Waals surface area contributed by atoms with Gasteiger partial charge in [-0.05, 0) is 80.7 Å². The molecule has 2 N–H and O–H groups in total. The summed E-state index contributed by atoms with van der Waals surface area (Å²) in [5.41, 5.74) is 0.856. The van der Waals surface area contributed by atoms with Crippen molar-refractivity contribution >= 4 is 28.8 Å². The largest absolute Gasteiger partial charge is 0.489 e. The van der Waals surface area contributed by atoms with Crippen molar-refractivity contribution in [3.05, 3.63) is 69.9 Å². The van der Waals surface area contributed by atoms with Crippen LogP contribution in [0.2, 0.25) is 5.02 Å². The number of nitrogens with one attached hydrogen (secondary N) is 1. The number of benzene rings is 2. The highest BCUT2D eigenvalue weighted by molar-refractivity contribution is 7.15. The predicted octanol–water partition coefficient (Wildman–Crippen LogP) is 5.55. The normalized spacial score (nSPS) is 17.8. The number of thiazole rings is 1. The van der Waals surface area contributed by atoms with Gasteiger partial charge in [-0.15, -0.1) is 11.3 Å². The molecule has 1 aliphatic heterocycles. The van der Waals surface area contributed by atoms with E-state index in [1.165, 1.54) is 24.3 Å². The lowest BCUT2D eigenvalue weighted by Crippen LogP contribution is -2.50. The topological polar surface area (TPSA) is 74.7 Å². The molecule has 2 atom stereocenters. The van der Waals surface area contributed by atoms with Crippen LogP contribution in [-0.2, 0) is 10.7 Å². The second-order valence-corrected chi connectivity index (χ2v) is 11.1. The van der Waals surface area contributed by atoms with E-state index in [-0.39, 0.29) is 17.7 Å². The number of hydrogen-bond donors (Lipinski definition) is 2. The number of carbonyl (C=O) groups is 1. The van der Waals surface area contributed by atoms with Gasteiger partial charge in [0.25, 0.3) is 5.91 Å². The third-order valence-corrected chi connectivity index (χ3v) is 8.07. The number of halogens is 4. The van der Waals surface area contributed by atoms with Gasteiger partial charge in [0.15, 0.2) is 0 Å². The molecule has 2 aliphatic rings. The summed E-state index contributed by atoms with van der Waals surface area (Å²) in [7, 11) is 0. The third-order valence-electron chi connectivity index (χ3n) is 6.66. The number of aliphatic hydroxyl groups excluding tert-OH is 1. The van der Waals surface area contributed by atoms with Crippen LogP contribution in [-0.4, -0.2) is 52.7 Å². The maximum atomic E-state index is 15.3. The molecular weight excluding hydrogens is 539 g/mol. The van der Waals surface area contributed by atoms with E-state index in [0.29, 0.717) is 33.2 Å². The summed E-state index contributed by atoms with van der Waals surface area (Å²) in [4.78, 5) is 18.4. The second kappa shape index (κ2) is 11.2. The number of aromatic nitrogens is 1. The fourth-order valence-electron chi connectivity index (χ4n) is 4.38. The molecule has 2 fully saturated rings. The van der Waals surface area contributed by atoms with Crippen LogP contribution in [0.5, 0.6) is 5.75 Å². The smallest absolute Gasteiger partial charge is 0.360 e. The molecule has 0 spiro atoms. The Hall–Kier alpha value is -2.66. The van der Waals surface area contributed by atoms with Crippen LogP contribution in [0.1, 0.15) is 42.2 Å². The lowest BCUT2D eigenvalue weighted by atomic mass is 10.0. The van der Waals surface area contributed by atoms with Gasteiger partial charge in [-0.1, -0.05) is 17.7 Å². The van der Waals surface area contributed by atoms with Crippen LogP contribution in [0.15, 0.2) is 48.7 Å². The molecule has 3 aromatic rings. The Morgan fingerprint density at radius 1 is 1.21 bits per heavy atom. The maximum absolute atomic E-state index is 15.3. The Morgan fingerprint density at radius 2 is 1.92 bits per heavy atom. The van der Waals surface area contributed by atoms with E-state index >= 15 is 8.78 Å². The molecule has 5 rings (SSSR count). The van der Waals surface area contributed by atoms with Gasteiger partial charge in [-0.2, -0.15) is 8.78 Å². The van der Waals surface area contributed by atoms with Gasteiger partial charge in [0, 0.05) is 18.3 Å². The van der Waals surface area contributed by atoms with Gasteiger partial charge < -0.3 is 20.1 Å². The standard InChI is InChI=1S/C27H27ClF3N3O3S/c28-20-13-17(5-10-22(20)37-19-8-9-19)24(35)21(15-34-11-1-2-12-34)33-26(36)27(30,31)23-14-32-25(38-23)16-3-6-18(29)7-4-16/h3-7,10,13-14,19,21,24,35H,1-2,8-9,11-12,15H2,(H,33,36)/t21-,24-/m1/s1. The molecule has 6 nitrogen and oxygen atoms in total. The van der Waals surface area contributed by atoms with Crippen molar-refractivity contribution in [1.29, 1.82) is 0 Å². The van der Waals surface area contributed by atoms with Crippen LogP contribution in [0.3, 0.4) is 0 Å². The molecule has 202 valence electrons. The summed E-state index contributed by atoms with van der Waals surface area (Å²) in [5, 5.41) is 14.1. The fraction of sp³-hybridized carbons (Fsp3) is 0.407. The zero-order valence-electron chi connectivity index (χ0n) is 20.4. The molecule has 1 amide bonds. The Morgan fingerprint density at radius 3 is 2.58 bits per heavy atom. The van der Waals surface area contributed by atoms with E-state index in [1.807, 2.05) is 4.90 Å². The number of carbonyl (C=O) groups excluding carboxylic acids is 1. The van der Waals surface area contributed by atoms with Crippen molar-refractivity contribution in [3.8, 4) is 16.3 Å². The van der Waals surface area contributed by atoms with Crippen LogP contribution in [0.25, 0.3) is 10.6 Å². The Kier molecular flexibility index (Phi) is 7.95. The first-order chi connectivity index (χ1) is 18.2. The number of alkyl halides is 2. The Balaban J connectivity index is 1.34. The number of ether oxygens (including phenoxy) is 1. The number of likely N-dealkylation sites (tertiary alicyclic amines) is 1. The van der Waals surface area contributed by atoms with Crippen LogP contribution >= 0.6 is 22.9 Å². The average molecular weight is 566 g/mol. The van der Waals surface area contributed by atoms with Crippen molar-refractivity contribution < 1.29 is 27.8 Å². The number of amides is 1. The van der Waals surface area contributed by atoms with Crippen molar-refractivity contribution in [1.82, 2.24) is 15.2 Å². The average Bonchev–Trinajstić information content (AvgIpc) is 3.33. The molecule has 1 aromatic heterocycles. The summed E-state index contributed by atoms with van der Waals surface area (Å²) in [6, 6.07) is 9.11. The zero-order chi connectivity index (χ0) is 26.9.